The number of nitrogens with one attached hydrogen (secondary N) is 1. The molecule has 0 aromatic heterocycles. The van der Waals surface area contributed by atoms with Crippen LogP contribution in [-0.2, 0) is 4.79 Å². The van der Waals surface area contributed by atoms with Gasteiger partial charge in [0.2, 0.25) is 5.91 Å². The topological polar surface area (TPSA) is 41.5 Å². The quantitative estimate of drug-likeness (QED) is 0.766. The van der Waals surface area contributed by atoms with Crippen LogP contribution in [0.2, 0.25) is 0 Å². The van der Waals surface area contributed by atoms with Gasteiger partial charge in [-0.1, -0.05) is 20.8 Å². The molecular formula is C13H22N2O. The summed E-state index contributed by atoms with van der Waals surface area (Å²) in [4.78, 5) is 16.1. The molecule has 1 atom stereocenters. The second-order valence-corrected chi connectivity index (χ2v) is 5.87. The standard InChI is InChI=1S/C13H22N2O/c1-4-10-12(16)15-11(14-10)9-5-7-13(2,3)8-6-9/h9-10H,4-8H2,1-3H3,(H,14,15,16). The molecule has 0 spiro atoms. The second-order valence-electron chi connectivity index (χ2n) is 5.87. The molecule has 1 unspecified atom stereocenters. The predicted octanol–water partition coefficient (Wildman–Crippen LogP) is 2.51. The molecule has 0 radical (unpaired) electrons. The van der Waals surface area contributed by atoms with Crippen molar-refractivity contribution in [1.29, 1.82) is 0 Å². The SMILES string of the molecule is CCC1N=C(C2CCC(C)(C)CC2)NC1=O. The first kappa shape index (κ1) is 11.6. The number of hydrogen-bond donors (Lipinski definition) is 1. The third-order valence-electron chi connectivity index (χ3n) is 3.96. The van der Waals surface area contributed by atoms with Crippen molar-refractivity contribution in [1.82, 2.24) is 5.32 Å². The number of nitrogens with zero attached hydrogens (tertiary/aromatic N) is 1. The van der Waals surface area contributed by atoms with Gasteiger partial charge in [0.15, 0.2) is 0 Å². The summed E-state index contributed by atoms with van der Waals surface area (Å²) < 4.78 is 0. The van der Waals surface area contributed by atoms with E-state index < -0.39 is 0 Å². The molecule has 1 aliphatic carbocycles. The van der Waals surface area contributed by atoms with Crippen LogP contribution in [0.25, 0.3) is 0 Å². The van der Waals surface area contributed by atoms with Gasteiger partial charge in [-0.25, -0.2) is 0 Å². The summed E-state index contributed by atoms with van der Waals surface area (Å²) in [6, 6.07) is -0.120. The number of amidine groups is 1. The van der Waals surface area contributed by atoms with Crippen LogP contribution < -0.4 is 5.32 Å². The molecule has 0 aromatic rings. The van der Waals surface area contributed by atoms with E-state index in [4.69, 9.17) is 0 Å². The Bertz CT molecular complexity index is 310. The molecular weight excluding hydrogens is 200 g/mol. The number of amides is 1. The predicted molar refractivity (Wildman–Crippen MR) is 65.4 cm³/mol. The van der Waals surface area contributed by atoms with Crippen molar-refractivity contribution in [2.75, 3.05) is 0 Å². The molecule has 3 heteroatoms. The minimum atomic E-state index is -0.120. The Hall–Kier alpha value is -0.860. The van der Waals surface area contributed by atoms with E-state index in [9.17, 15) is 4.79 Å². The van der Waals surface area contributed by atoms with Gasteiger partial charge >= 0.3 is 0 Å². The Morgan fingerprint density at radius 1 is 1.38 bits per heavy atom. The van der Waals surface area contributed by atoms with E-state index in [0.29, 0.717) is 11.3 Å². The van der Waals surface area contributed by atoms with Crippen molar-refractivity contribution in [3.8, 4) is 0 Å². The Morgan fingerprint density at radius 3 is 2.50 bits per heavy atom. The van der Waals surface area contributed by atoms with Crippen LogP contribution in [0.15, 0.2) is 4.99 Å². The summed E-state index contributed by atoms with van der Waals surface area (Å²) in [5.74, 6) is 1.56. The van der Waals surface area contributed by atoms with E-state index in [-0.39, 0.29) is 11.9 Å². The summed E-state index contributed by atoms with van der Waals surface area (Å²) in [6.45, 7) is 6.67. The average Bonchev–Trinajstić information content (AvgIpc) is 2.59. The lowest BCUT2D eigenvalue weighted by Gasteiger charge is -2.34. The van der Waals surface area contributed by atoms with Crippen LogP contribution in [0.4, 0.5) is 0 Å². The van der Waals surface area contributed by atoms with E-state index in [1.54, 1.807) is 0 Å². The Morgan fingerprint density at radius 2 is 2.00 bits per heavy atom. The van der Waals surface area contributed by atoms with Crippen molar-refractivity contribution in [2.24, 2.45) is 16.3 Å². The fourth-order valence-electron chi connectivity index (χ4n) is 2.63. The Kier molecular flexibility index (Phi) is 3.04. The van der Waals surface area contributed by atoms with Gasteiger partial charge in [0.05, 0.1) is 0 Å². The van der Waals surface area contributed by atoms with Crippen LogP contribution in [0.3, 0.4) is 0 Å². The molecule has 0 aromatic carbocycles. The maximum atomic E-state index is 11.6. The summed E-state index contributed by atoms with van der Waals surface area (Å²) in [7, 11) is 0. The number of carbonyl (C=O) groups is 1. The zero-order valence-electron chi connectivity index (χ0n) is 10.5. The van der Waals surface area contributed by atoms with E-state index in [1.165, 1.54) is 25.7 Å². The molecule has 16 heavy (non-hydrogen) atoms. The van der Waals surface area contributed by atoms with Crippen LogP contribution in [-0.4, -0.2) is 17.8 Å². The maximum absolute atomic E-state index is 11.6. The first-order valence-corrected chi connectivity index (χ1v) is 6.40. The van der Waals surface area contributed by atoms with E-state index in [2.05, 4.69) is 24.2 Å². The van der Waals surface area contributed by atoms with Gasteiger partial charge in [-0.05, 0) is 37.5 Å². The van der Waals surface area contributed by atoms with Crippen molar-refractivity contribution in [2.45, 2.75) is 58.9 Å². The van der Waals surface area contributed by atoms with Crippen molar-refractivity contribution in [3.05, 3.63) is 0 Å². The highest BCUT2D eigenvalue weighted by Gasteiger charge is 2.34. The number of carbonyl (C=O) groups excluding carboxylic acids is 1. The summed E-state index contributed by atoms with van der Waals surface area (Å²) in [5.41, 5.74) is 0.476. The molecule has 0 bridgehead atoms. The number of rotatable bonds is 2. The lowest BCUT2D eigenvalue weighted by molar-refractivity contribution is -0.120. The smallest absolute Gasteiger partial charge is 0.250 e. The Balaban J connectivity index is 1.98. The molecule has 2 aliphatic rings. The van der Waals surface area contributed by atoms with Gasteiger partial charge in [-0.15, -0.1) is 0 Å². The third kappa shape index (κ3) is 2.28. The van der Waals surface area contributed by atoms with Crippen molar-refractivity contribution >= 4 is 11.7 Å². The molecule has 90 valence electrons. The van der Waals surface area contributed by atoms with Crippen LogP contribution >= 0.6 is 0 Å². The van der Waals surface area contributed by atoms with Crippen molar-refractivity contribution < 1.29 is 4.79 Å². The monoisotopic (exact) mass is 222 g/mol. The molecule has 1 fully saturated rings. The third-order valence-corrected chi connectivity index (χ3v) is 3.96. The van der Waals surface area contributed by atoms with Crippen LogP contribution in [0.5, 0.6) is 0 Å². The highest BCUT2D eigenvalue weighted by Crippen LogP contribution is 2.38. The normalized spacial score (nSPS) is 30.1. The molecule has 1 amide bonds. The molecule has 0 saturated heterocycles. The molecule has 3 nitrogen and oxygen atoms in total. The summed E-state index contributed by atoms with van der Waals surface area (Å²) >= 11 is 0. The lowest BCUT2D eigenvalue weighted by atomic mass is 9.73. The van der Waals surface area contributed by atoms with Gasteiger partial charge < -0.3 is 5.32 Å². The Labute approximate surface area is 97.7 Å². The van der Waals surface area contributed by atoms with E-state index >= 15 is 0 Å². The molecule has 1 heterocycles. The fourth-order valence-corrected chi connectivity index (χ4v) is 2.63. The highest BCUT2D eigenvalue weighted by atomic mass is 16.2. The van der Waals surface area contributed by atoms with Gasteiger partial charge in [-0.3, -0.25) is 9.79 Å². The average molecular weight is 222 g/mol. The molecule has 1 N–H and O–H groups in total. The summed E-state index contributed by atoms with van der Waals surface area (Å²) in [5, 5.41) is 2.96. The minimum Gasteiger partial charge on any atom is -0.312 e. The maximum Gasteiger partial charge on any atom is 0.250 e. The zero-order chi connectivity index (χ0) is 11.8. The molecule has 1 saturated carbocycles. The van der Waals surface area contributed by atoms with E-state index in [0.717, 1.165) is 12.3 Å². The minimum absolute atomic E-state index is 0.0994. The largest absolute Gasteiger partial charge is 0.312 e. The van der Waals surface area contributed by atoms with Gasteiger partial charge in [0, 0.05) is 5.92 Å². The fraction of sp³-hybridized carbons (Fsp3) is 0.846. The van der Waals surface area contributed by atoms with Crippen molar-refractivity contribution in [3.63, 3.8) is 0 Å². The van der Waals surface area contributed by atoms with Gasteiger partial charge in [-0.2, -0.15) is 0 Å². The molecule has 1 aliphatic heterocycles. The zero-order valence-corrected chi connectivity index (χ0v) is 10.5. The van der Waals surface area contributed by atoms with Gasteiger partial charge in [0.1, 0.15) is 11.9 Å². The number of hydrogen-bond acceptors (Lipinski definition) is 2. The van der Waals surface area contributed by atoms with Crippen LogP contribution in [0, 0.1) is 11.3 Å². The highest BCUT2D eigenvalue weighted by molar-refractivity contribution is 6.06. The second kappa shape index (κ2) is 4.19. The number of aliphatic imine (C=N–C) groups is 1. The summed E-state index contributed by atoms with van der Waals surface area (Å²) in [6.07, 6.45) is 5.63. The first-order valence-electron chi connectivity index (χ1n) is 6.40. The lowest BCUT2D eigenvalue weighted by Crippen LogP contribution is -2.35. The first-order chi connectivity index (χ1) is 7.52. The van der Waals surface area contributed by atoms with E-state index in [1.807, 2.05) is 6.92 Å². The van der Waals surface area contributed by atoms with Crippen LogP contribution in [0.1, 0.15) is 52.9 Å². The molecule has 2 rings (SSSR count). The van der Waals surface area contributed by atoms with Gasteiger partial charge in [0.25, 0.3) is 0 Å².